The molecule has 0 radical (unpaired) electrons. The van der Waals surface area contributed by atoms with E-state index < -0.39 is 6.04 Å². The quantitative estimate of drug-likeness (QED) is 0.447. The van der Waals surface area contributed by atoms with E-state index in [1.165, 1.54) is 6.33 Å². The lowest BCUT2D eigenvalue weighted by molar-refractivity contribution is -0.134. The van der Waals surface area contributed by atoms with Crippen molar-refractivity contribution >= 4 is 23.5 Å². The third-order valence-corrected chi connectivity index (χ3v) is 6.96. The molecular formula is C29H34N6O4. The lowest BCUT2D eigenvalue weighted by Crippen LogP contribution is -2.38. The summed E-state index contributed by atoms with van der Waals surface area (Å²) in [7, 11) is 0. The highest BCUT2D eigenvalue weighted by molar-refractivity contribution is 6.06. The summed E-state index contributed by atoms with van der Waals surface area (Å²) in [6.45, 7) is 7.62. The Morgan fingerprint density at radius 1 is 1.05 bits per heavy atom. The van der Waals surface area contributed by atoms with Crippen LogP contribution in [-0.4, -0.2) is 57.8 Å². The second-order valence-electron chi connectivity index (χ2n) is 9.79. The highest BCUT2D eigenvalue weighted by Gasteiger charge is 2.34. The number of amides is 2. The van der Waals surface area contributed by atoms with E-state index in [9.17, 15) is 9.59 Å². The Morgan fingerprint density at radius 2 is 1.87 bits per heavy atom. The Hall–Kier alpha value is -4.34. The molecule has 10 heteroatoms. The van der Waals surface area contributed by atoms with Gasteiger partial charge in [0.2, 0.25) is 5.95 Å². The standard InChI is InChI=1S/C29H34N6O4/c1-4-38-24-16-21(11-12-23(24)39-17-25(36)34-13-6-5-7-14-34)27-26(20(3)32-29-30-18-31-35(27)29)28(37)33-22-10-8-9-19(2)15-22/h8-12,15-16,18,27H,4-7,13-14,17H2,1-3H3,(H,33,37)(H,30,31,32). The number of fused-ring (bicyclic) bond motifs is 1. The smallest absolute Gasteiger partial charge is 0.260 e. The maximum absolute atomic E-state index is 13.6. The number of benzene rings is 2. The van der Waals surface area contributed by atoms with Gasteiger partial charge in [-0.1, -0.05) is 18.2 Å². The summed E-state index contributed by atoms with van der Waals surface area (Å²) >= 11 is 0. The number of rotatable bonds is 8. The van der Waals surface area contributed by atoms with E-state index in [0.717, 1.165) is 43.5 Å². The number of nitrogens with one attached hydrogen (secondary N) is 2. The van der Waals surface area contributed by atoms with Crippen LogP contribution < -0.4 is 20.1 Å². The monoisotopic (exact) mass is 530 g/mol. The van der Waals surface area contributed by atoms with Gasteiger partial charge in [0, 0.05) is 24.5 Å². The molecule has 0 bridgehead atoms. The number of piperidine rings is 1. The molecule has 5 rings (SSSR count). The molecule has 1 saturated heterocycles. The van der Waals surface area contributed by atoms with Crippen LogP contribution >= 0.6 is 0 Å². The minimum Gasteiger partial charge on any atom is -0.490 e. The molecule has 1 unspecified atom stereocenters. The molecule has 10 nitrogen and oxygen atoms in total. The second kappa shape index (κ2) is 11.6. The Morgan fingerprint density at radius 3 is 2.64 bits per heavy atom. The molecule has 1 aromatic heterocycles. The van der Waals surface area contributed by atoms with Crippen molar-refractivity contribution in [2.75, 3.05) is 36.9 Å². The van der Waals surface area contributed by atoms with Gasteiger partial charge in [0.05, 0.1) is 12.2 Å². The first-order valence-corrected chi connectivity index (χ1v) is 13.4. The number of nitrogens with zero attached hydrogens (tertiary/aromatic N) is 4. The van der Waals surface area contributed by atoms with Crippen LogP contribution in [0.15, 0.2) is 60.1 Å². The van der Waals surface area contributed by atoms with Gasteiger partial charge in [-0.2, -0.15) is 10.1 Å². The molecule has 39 heavy (non-hydrogen) atoms. The number of aryl methyl sites for hydroxylation is 1. The number of hydrogen-bond donors (Lipinski definition) is 2. The van der Waals surface area contributed by atoms with E-state index in [1.807, 2.05) is 62.1 Å². The molecule has 1 atom stereocenters. The molecule has 2 aromatic carbocycles. The largest absolute Gasteiger partial charge is 0.490 e. The van der Waals surface area contributed by atoms with Crippen LogP contribution in [0.5, 0.6) is 11.5 Å². The van der Waals surface area contributed by atoms with E-state index in [0.29, 0.717) is 41.0 Å². The first-order valence-electron chi connectivity index (χ1n) is 13.4. The number of anilines is 2. The first-order chi connectivity index (χ1) is 18.9. The van der Waals surface area contributed by atoms with Gasteiger partial charge >= 0.3 is 0 Å². The van der Waals surface area contributed by atoms with Gasteiger partial charge in [-0.3, -0.25) is 9.59 Å². The van der Waals surface area contributed by atoms with Gasteiger partial charge in [0.25, 0.3) is 11.8 Å². The van der Waals surface area contributed by atoms with Crippen LogP contribution in [0, 0.1) is 6.92 Å². The Kier molecular flexibility index (Phi) is 7.81. The van der Waals surface area contributed by atoms with E-state index in [2.05, 4.69) is 20.7 Å². The third kappa shape index (κ3) is 5.74. The summed E-state index contributed by atoms with van der Waals surface area (Å²) in [6, 6.07) is 12.6. The topological polar surface area (TPSA) is 111 Å². The van der Waals surface area contributed by atoms with Crippen molar-refractivity contribution in [3.63, 3.8) is 0 Å². The van der Waals surface area contributed by atoms with Gasteiger partial charge in [0.1, 0.15) is 12.4 Å². The van der Waals surface area contributed by atoms with Gasteiger partial charge < -0.3 is 25.0 Å². The normalized spacial score (nSPS) is 16.8. The van der Waals surface area contributed by atoms with Crippen molar-refractivity contribution < 1.29 is 19.1 Å². The zero-order chi connectivity index (χ0) is 27.4. The van der Waals surface area contributed by atoms with Crippen LogP contribution in [0.3, 0.4) is 0 Å². The maximum atomic E-state index is 13.6. The van der Waals surface area contributed by atoms with Gasteiger partial charge in [-0.25, -0.2) is 4.68 Å². The minimum atomic E-state index is -0.559. The predicted molar refractivity (Wildman–Crippen MR) is 148 cm³/mol. The molecule has 204 valence electrons. The fraction of sp³-hybridized carbons (Fsp3) is 0.379. The molecule has 0 spiro atoms. The van der Waals surface area contributed by atoms with Crippen LogP contribution in [-0.2, 0) is 9.59 Å². The van der Waals surface area contributed by atoms with Gasteiger partial charge in [0.15, 0.2) is 18.1 Å². The highest BCUT2D eigenvalue weighted by atomic mass is 16.5. The lowest BCUT2D eigenvalue weighted by atomic mass is 9.94. The third-order valence-electron chi connectivity index (χ3n) is 6.96. The molecular weight excluding hydrogens is 496 g/mol. The number of likely N-dealkylation sites (tertiary alicyclic amines) is 1. The zero-order valence-electron chi connectivity index (χ0n) is 22.6. The number of ether oxygens (including phenoxy) is 2. The van der Waals surface area contributed by atoms with E-state index >= 15 is 0 Å². The molecule has 0 aliphatic carbocycles. The molecule has 2 aliphatic heterocycles. The number of aromatic nitrogens is 3. The second-order valence-corrected chi connectivity index (χ2v) is 9.79. The number of carbonyl (C=O) groups excluding carboxylic acids is 2. The van der Waals surface area contributed by atoms with E-state index in [1.54, 1.807) is 10.7 Å². The van der Waals surface area contributed by atoms with Crippen LogP contribution in [0.2, 0.25) is 0 Å². The molecule has 2 N–H and O–H groups in total. The number of hydrogen-bond acceptors (Lipinski definition) is 7. The van der Waals surface area contributed by atoms with Crippen molar-refractivity contribution in [2.24, 2.45) is 0 Å². The molecule has 3 aromatic rings. The SMILES string of the molecule is CCOc1cc(C2C(C(=O)Nc3cccc(C)c3)=C(C)Nc3ncnn32)ccc1OCC(=O)N1CCCCC1. The van der Waals surface area contributed by atoms with E-state index in [4.69, 9.17) is 9.47 Å². The Bertz CT molecular complexity index is 1390. The van der Waals surface area contributed by atoms with Crippen LogP contribution in [0.25, 0.3) is 0 Å². The molecule has 2 amide bonds. The molecule has 1 fully saturated rings. The number of carbonyl (C=O) groups is 2. The first kappa shape index (κ1) is 26.3. The average molecular weight is 531 g/mol. The maximum Gasteiger partial charge on any atom is 0.260 e. The van der Waals surface area contributed by atoms with Crippen LogP contribution in [0.4, 0.5) is 11.6 Å². The highest BCUT2D eigenvalue weighted by Crippen LogP contribution is 2.39. The summed E-state index contributed by atoms with van der Waals surface area (Å²) in [4.78, 5) is 32.5. The predicted octanol–water partition coefficient (Wildman–Crippen LogP) is 4.30. The summed E-state index contributed by atoms with van der Waals surface area (Å²) in [5.41, 5.74) is 3.71. The van der Waals surface area contributed by atoms with Crippen molar-refractivity contribution in [3.05, 3.63) is 71.2 Å². The Balaban J connectivity index is 1.44. The Labute approximate surface area is 228 Å². The van der Waals surface area contributed by atoms with Crippen LogP contribution in [0.1, 0.15) is 50.3 Å². The lowest BCUT2D eigenvalue weighted by Gasteiger charge is -2.29. The fourth-order valence-corrected chi connectivity index (χ4v) is 5.07. The molecule has 2 aliphatic rings. The zero-order valence-corrected chi connectivity index (χ0v) is 22.6. The summed E-state index contributed by atoms with van der Waals surface area (Å²) in [6.07, 6.45) is 4.66. The average Bonchev–Trinajstić information content (AvgIpc) is 3.40. The van der Waals surface area contributed by atoms with Crippen molar-refractivity contribution in [2.45, 2.75) is 46.1 Å². The van der Waals surface area contributed by atoms with Gasteiger partial charge in [-0.05, 0) is 75.4 Å². The van der Waals surface area contributed by atoms with Crippen molar-refractivity contribution in [1.29, 1.82) is 0 Å². The summed E-state index contributed by atoms with van der Waals surface area (Å²) < 4.78 is 13.5. The molecule has 3 heterocycles. The number of allylic oxidation sites excluding steroid dienone is 1. The van der Waals surface area contributed by atoms with Crippen molar-refractivity contribution in [1.82, 2.24) is 19.7 Å². The minimum absolute atomic E-state index is 0.0273. The fourth-order valence-electron chi connectivity index (χ4n) is 5.07. The van der Waals surface area contributed by atoms with Crippen molar-refractivity contribution in [3.8, 4) is 11.5 Å². The van der Waals surface area contributed by atoms with Gasteiger partial charge in [-0.15, -0.1) is 0 Å². The van der Waals surface area contributed by atoms with E-state index in [-0.39, 0.29) is 18.4 Å². The summed E-state index contributed by atoms with van der Waals surface area (Å²) in [5, 5.41) is 10.6. The molecule has 0 saturated carbocycles. The summed E-state index contributed by atoms with van der Waals surface area (Å²) in [5.74, 6) is 1.24.